The number of halogens is 2. The molecule has 4 aromatic carbocycles. The van der Waals surface area contributed by atoms with E-state index in [1.165, 1.54) is 162 Å². The van der Waals surface area contributed by atoms with Gasteiger partial charge in [-0.25, -0.2) is 0 Å². The molecule has 0 radical (unpaired) electrons. The van der Waals surface area contributed by atoms with E-state index in [4.69, 9.17) is 32.8 Å². The molecule has 0 aliphatic rings. The van der Waals surface area contributed by atoms with E-state index >= 15 is 0 Å². The summed E-state index contributed by atoms with van der Waals surface area (Å²) in [6.07, 6.45) is 29.3. The average molecular weight is 1280 g/mol. The van der Waals surface area contributed by atoms with E-state index < -0.39 is 8.07 Å². The number of benzene rings is 4. The van der Waals surface area contributed by atoms with Crippen LogP contribution in [0, 0.1) is 54.3 Å². The molecule has 0 N–H and O–H groups in total. The fourth-order valence-electron chi connectivity index (χ4n) is 7.75. The van der Waals surface area contributed by atoms with Gasteiger partial charge in [0.25, 0.3) is 0 Å². The maximum atomic E-state index is 8.12. The Balaban J connectivity index is -0.000000219. The first-order valence-electron chi connectivity index (χ1n) is 35.9. The van der Waals surface area contributed by atoms with E-state index in [2.05, 4.69) is 259 Å². The molecule has 1 atom stereocenters. The van der Waals surface area contributed by atoms with Crippen molar-refractivity contribution < 1.29 is 9.59 Å². The fraction of sp³-hybridized carbons (Fsp3) is 0.699. The highest BCUT2D eigenvalue weighted by atomic mass is 35.5. The first-order valence-corrected chi connectivity index (χ1v) is 40.2. The molecule has 0 aromatic heterocycles. The predicted octanol–water partition coefficient (Wildman–Crippen LogP) is 29.2. The number of aryl methyl sites for hydroxylation is 6. The van der Waals surface area contributed by atoms with Crippen molar-refractivity contribution in [2.75, 3.05) is 0 Å². The first kappa shape index (κ1) is 96.2. The van der Waals surface area contributed by atoms with Crippen molar-refractivity contribution in [2.45, 2.75) is 333 Å². The molecule has 0 aliphatic heterocycles. The third kappa shape index (κ3) is 79.2. The number of carbonyl (C=O) groups excluding carboxylic acids is 2. The van der Waals surface area contributed by atoms with Gasteiger partial charge in [-0.3, -0.25) is 0 Å². The van der Waals surface area contributed by atoms with E-state index in [0.717, 1.165) is 75.8 Å². The van der Waals surface area contributed by atoms with Crippen molar-refractivity contribution in [3.05, 3.63) is 140 Å². The Kier molecular flexibility index (Phi) is 73.2. The average Bonchev–Trinajstić information content (AvgIpc) is 3.48. The number of hydrogen-bond acceptors (Lipinski definition) is 2. The lowest BCUT2D eigenvalue weighted by atomic mass is 10.0. The van der Waals surface area contributed by atoms with Gasteiger partial charge in [0.15, 0.2) is 0 Å². The Morgan fingerprint density at radius 3 is 0.875 bits per heavy atom. The Labute approximate surface area is 563 Å². The van der Waals surface area contributed by atoms with E-state index in [-0.39, 0.29) is 6.15 Å². The summed E-state index contributed by atoms with van der Waals surface area (Å²) in [6, 6.07) is 34.2. The molecule has 0 saturated carbocycles. The van der Waals surface area contributed by atoms with Gasteiger partial charge in [0.05, 0.1) is 0 Å². The van der Waals surface area contributed by atoms with E-state index in [1.807, 2.05) is 24.3 Å². The molecule has 4 aromatic rings. The molecule has 0 bridgehead atoms. The Morgan fingerprint density at radius 2 is 0.636 bits per heavy atom. The lowest BCUT2D eigenvalue weighted by molar-refractivity contribution is -0.191. The summed E-state index contributed by atoms with van der Waals surface area (Å²) in [7, 11) is -0.951. The Bertz CT molecular complexity index is 1940. The van der Waals surface area contributed by atoms with Crippen molar-refractivity contribution >= 4 is 37.4 Å². The molecule has 2 nitrogen and oxygen atoms in total. The zero-order chi connectivity index (χ0) is 68.9. The topological polar surface area (TPSA) is 34.1 Å². The maximum Gasteiger partial charge on any atom is 0.373 e. The lowest BCUT2D eigenvalue weighted by Crippen LogP contribution is -2.26. The van der Waals surface area contributed by atoms with Gasteiger partial charge in [-0.05, 0) is 176 Å². The van der Waals surface area contributed by atoms with Crippen molar-refractivity contribution in [1.82, 2.24) is 0 Å². The van der Waals surface area contributed by atoms with Crippen LogP contribution in [0.15, 0.2) is 97.1 Å². The van der Waals surface area contributed by atoms with Gasteiger partial charge >= 0.3 is 6.15 Å². The molecule has 0 spiro atoms. The van der Waals surface area contributed by atoms with Crippen LogP contribution in [0.2, 0.25) is 35.2 Å². The number of hydrogen-bond donors (Lipinski definition) is 0. The van der Waals surface area contributed by atoms with Crippen LogP contribution >= 0.6 is 23.2 Å². The van der Waals surface area contributed by atoms with E-state index in [1.54, 1.807) is 0 Å². The van der Waals surface area contributed by atoms with Crippen molar-refractivity contribution in [3.8, 4) is 0 Å². The monoisotopic (exact) mass is 1280 g/mol. The predicted molar refractivity (Wildman–Crippen MR) is 408 cm³/mol. The maximum absolute atomic E-state index is 8.12. The molecule has 1 unspecified atom stereocenters. The smallest absolute Gasteiger partial charge is 0.186 e. The zero-order valence-electron chi connectivity index (χ0n) is 63.6. The van der Waals surface area contributed by atoms with Crippen LogP contribution in [0.5, 0.6) is 0 Å². The van der Waals surface area contributed by atoms with Gasteiger partial charge in [0, 0.05) is 18.1 Å². The van der Waals surface area contributed by atoms with Crippen molar-refractivity contribution in [2.24, 2.45) is 47.3 Å². The van der Waals surface area contributed by atoms with Gasteiger partial charge in [-0.2, -0.15) is 9.59 Å². The van der Waals surface area contributed by atoms with Gasteiger partial charge < -0.3 is 0 Å². The van der Waals surface area contributed by atoms with Crippen molar-refractivity contribution in [3.63, 3.8) is 0 Å². The summed E-state index contributed by atoms with van der Waals surface area (Å²) in [6.45, 7) is 61.3. The normalized spacial score (nSPS) is 10.8. The SMILES string of the molecule is CC(C)CC(C)C.CC(C)CCc1ccc(Cl)cc1.CC(CCc1ccc(Cl)cc1)[Si](C)(C)C.CCC(C)C.CCC(C)CC.CCCC.CCCCCCCCC(C)C.CCc1ccc(CCC(C)C)cc1.Cc1ccc(CCC(C)C)cc1.O=C=O. The summed E-state index contributed by atoms with van der Waals surface area (Å²) in [5.41, 5.74) is 9.41. The quantitative estimate of drug-likeness (QED) is 0.0440. The summed E-state index contributed by atoms with van der Waals surface area (Å²) in [5, 5.41) is 1.65. The first-order chi connectivity index (χ1) is 41.3. The molecule has 0 aliphatic carbocycles. The standard InChI is InChI=1S/C13H21ClSi.C13H20.C12H18.C11H15Cl.C11H24.C7H16.C6H14.C5H12.C4H10.CO2/c1-11(15(2,3)4)5-6-12-7-9-13(14)10-8-12;1-4-12-7-9-13(10-8-12)6-5-11(2)3;1-10(2)4-7-12-8-5-11(3)6-9-12;1-9(2)3-4-10-5-7-11(12)8-6-10;1-4-5-6-7-8-9-10-11(2)3;1-6(2)5-7(3)4;1-4-6(3)5-2;1-4-5(2)3;1-3-4-2;2-1-3/h7-11H,5-6H2,1-4H3;7-11H,4-6H2,1-3H3;5-6,8-10H,4,7H2,1-3H3;5-9H,3-4H2,1-2H3;11H,4-10H2,1-3H3;6-7H,5H2,1-4H3;6H,4-5H2,1-3H3;5H,4H2,1-3H3;3-4H2,1-2H3;. The summed E-state index contributed by atoms with van der Waals surface area (Å²) < 4.78 is 0. The molecule has 0 amide bonds. The minimum Gasteiger partial charge on any atom is -0.186 e. The Hall–Kier alpha value is -2.94. The second-order valence-corrected chi connectivity index (χ2v) is 35.4. The van der Waals surface area contributed by atoms with E-state index in [0.29, 0.717) is 0 Å². The van der Waals surface area contributed by atoms with Crippen LogP contribution in [0.1, 0.15) is 302 Å². The molecule has 5 heteroatoms. The van der Waals surface area contributed by atoms with Crippen LogP contribution in [0.4, 0.5) is 0 Å². The van der Waals surface area contributed by atoms with Gasteiger partial charge in [-0.15, -0.1) is 0 Å². The fourth-order valence-corrected chi connectivity index (χ4v) is 9.01. The lowest BCUT2D eigenvalue weighted by Gasteiger charge is -2.25. The summed E-state index contributed by atoms with van der Waals surface area (Å²) in [5.74, 6) is 6.87. The molecule has 4 rings (SSSR count). The molecular weight excluding hydrogens is 1130 g/mol. The van der Waals surface area contributed by atoms with Crippen LogP contribution < -0.4 is 0 Å². The third-order valence-electron chi connectivity index (χ3n) is 15.5. The van der Waals surface area contributed by atoms with Gasteiger partial charge in [0.2, 0.25) is 0 Å². The minimum atomic E-state index is -0.951. The highest BCUT2D eigenvalue weighted by Gasteiger charge is 2.21. The second kappa shape index (κ2) is 67.0. The molecule has 512 valence electrons. The van der Waals surface area contributed by atoms with Crippen LogP contribution in [-0.4, -0.2) is 14.2 Å². The third-order valence-corrected chi connectivity index (χ3v) is 19.3. The largest absolute Gasteiger partial charge is 0.373 e. The number of unbranched alkanes of at least 4 members (excludes halogenated alkanes) is 6. The highest BCUT2D eigenvalue weighted by Crippen LogP contribution is 2.26. The summed E-state index contributed by atoms with van der Waals surface area (Å²) in [4.78, 5) is 16.2. The minimum absolute atomic E-state index is 0.250. The molecule has 0 saturated heterocycles. The zero-order valence-corrected chi connectivity index (χ0v) is 66.1. The van der Waals surface area contributed by atoms with E-state index in [9.17, 15) is 0 Å². The molecular formula is C83H150Cl2O2Si. The van der Waals surface area contributed by atoms with Crippen LogP contribution in [-0.2, 0) is 41.7 Å². The second-order valence-electron chi connectivity index (χ2n) is 28.8. The van der Waals surface area contributed by atoms with Crippen molar-refractivity contribution in [1.29, 1.82) is 0 Å². The van der Waals surface area contributed by atoms with Crippen LogP contribution in [0.3, 0.4) is 0 Å². The molecule has 0 fully saturated rings. The number of rotatable bonds is 27. The van der Waals surface area contributed by atoms with Crippen LogP contribution in [0.25, 0.3) is 0 Å². The van der Waals surface area contributed by atoms with Gasteiger partial charge in [0.1, 0.15) is 0 Å². The summed E-state index contributed by atoms with van der Waals surface area (Å²) >= 11 is 11.6. The highest BCUT2D eigenvalue weighted by molar-refractivity contribution is 6.77. The molecule has 88 heavy (non-hydrogen) atoms. The Morgan fingerprint density at radius 1 is 0.352 bits per heavy atom. The molecule has 0 heterocycles. The van der Waals surface area contributed by atoms with Gasteiger partial charge in [-0.1, -0.05) is 357 Å².